The molecule has 2 aromatic rings. The highest BCUT2D eigenvalue weighted by Gasteiger charge is 2.24. The van der Waals surface area contributed by atoms with Gasteiger partial charge in [-0.3, -0.25) is 0 Å². The van der Waals surface area contributed by atoms with Crippen molar-refractivity contribution in [3.05, 3.63) is 89.1 Å². The molecule has 1 aliphatic heterocycles. The second-order valence-electron chi connectivity index (χ2n) is 5.75. The van der Waals surface area contributed by atoms with Crippen LogP contribution in [0, 0.1) is 0 Å². The van der Waals surface area contributed by atoms with E-state index >= 15 is 0 Å². The molecule has 0 N–H and O–H groups in total. The highest BCUT2D eigenvalue weighted by atomic mass is 79.9. The van der Waals surface area contributed by atoms with E-state index in [1.165, 1.54) is 0 Å². The second kappa shape index (κ2) is 9.19. The highest BCUT2D eigenvalue weighted by molar-refractivity contribution is 9.10. The lowest BCUT2D eigenvalue weighted by Crippen LogP contribution is -2.05. The van der Waals surface area contributed by atoms with Crippen LogP contribution in [0.25, 0.3) is 6.08 Å². The molecule has 0 aliphatic carbocycles. The summed E-state index contributed by atoms with van der Waals surface area (Å²) >= 11 is 3.40. The normalized spacial score (nSPS) is 14.4. The molecule has 0 saturated heterocycles. The van der Waals surface area contributed by atoms with Crippen molar-refractivity contribution in [3.63, 3.8) is 0 Å². The molecule has 3 rings (SSSR count). The quantitative estimate of drug-likeness (QED) is 0.332. The van der Waals surface area contributed by atoms with Crippen molar-refractivity contribution in [1.29, 1.82) is 0 Å². The third-order valence-electron chi connectivity index (χ3n) is 3.69. The van der Waals surface area contributed by atoms with Crippen LogP contribution in [-0.4, -0.2) is 25.1 Å². The van der Waals surface area contributed by atoms with Gasteiger partial charge in [-0.25, -0.2) is 9.79 Å². The van der Waals surface area contributed by atoms with Crippen LogP contribution in [-0.2, 0) is 9.53 Å². The van der Waals surface area contributed by atoms with Crippen LogP contribution in [0.3, 0.4) is 0 Å². The molecule has 142 valence electrons. The number of hydrogen-bond acceptors (Lipinski definition) is 5. The molecule has 0 fully saturated rings. The van der Waals surface area contributed by atoms with Crippen molar-refractivity contribution in [2.45, 2.75) is 0 Å². The van der Waals surface area contributed by atoms with Crippen molar-refractivity contribution in [2.75, 3.05) is 13.2 Å². The fourth-order valence-electron chi connectivity index (χ4n) is 2.45. The summed E-state index contributed by atoms with van der Waals surface area (Å²) in [5.41, 5.74) is 1.58. The Morgan fingerprint density at radius 2 is 1.86 bits per heavy atom. The Labute approximate surface area is 171 Å². The van der Waals surface area contributed by atoms with Crippen LogP contribution in [0.1, 0.15) is 11.1 Å². The van der Waals surface area contributed by atoms with Crippen molar-refractivity contribution >= 4 is 33.9 Å². The zero-order valence-corrected chi connectivity index (χ0v) is 16.6. The number of cyclic esters (lactones) is 1. The molecular weight excluding hydrogens is 422 g/mol. The van der Waals surface area contributed by atoms with Gasteiger partial charge in [0, 0.05) is 21.7 Å². The van der Waals surface area contributed by atoms with Crippen LogP contribution >= 0.6 is 15.9 Å². The van der Waals surface area contributed by atoms with E-state index in [9.17, 15) is 4.79 Å². The fraction of sp³-hybridized carbons (Fsp3) is 0.0909. The van der Waals surface area contributed by atoms with E-state index in [0.717, 1.165) is 4.47 Å². The van der Waals surface area contributed by atoms with Gasteiger partial charge >= 0.3 is 5.97 Å². The lowest BCUT2D eigenvalue weighted by molar-refractivity contribution is -0.129. The van der Waals surface area contributed by atoms with Crippen molar-refractivity contribution in [2.24, 2.45) is 4.99 Å². The minimum Gasteiger partial charge on any atom is -0.489 e. The Kier molecular flexibility index (Phi) is 6.45. The minimum atomic E-state index is -0.517. The summed E-state index contributed by atoms with van der Waals surface area (Å²) in [6.07, 6.45) is 4.93. The first kappa shape index (κ1) is 19.6. The molecule has 0 bridgehead atoms. The Hall–Kier alpha value is -3.12. The van der Waals surface area contributed by atoms with Crippen molar-refractivity contribution in [3.8, 4) is 11.5 Å². The smallest absolute Gasteiger partial charge is 0.363 e. The molecule has 6 heteroatoms. The number of ether oxygens (including phenoxy) is 3. The first-order valence-electron chi connectivity index (χ1n) is 8.50. The maximum Gasteiger partial charge on any atom is 0.363 e. The van der Waals surface area contributed by atoms with Crippen molar-refractivity contribution < 1.29 is 19.0 Å². The van der Waals surface area contributed by atoms with E-state index in [2.05, 4.69) is 34.1 Å². The standard InChI is InChI=1S/C22H18BrNO4/c1-3-10-26-18-9-8-15(20(14-18)27-11-4-2)13-19-22(25)28-21(24-19)16-6-5-7-17(23)12-16/h3-9,12-14H,1-2,10-11H2/b19-13+. The molecule has 0 aromatic heterocycles. The number of nitrogens with zero attached hydrogens (tertiary/aromatic N) is 1. The Morgan fingerprint density at radius 1 is 1.07 bits per heavy atom. The van der Waals surface area contributed by atoms with Crippen LogP contribution in [0.4, 0.5) is 0 Å². The van der Waals surface area contributed by atoms with Gasteiger partial charge in [-0.05, 0) is 36.4 Å². The van der Waals surface area contributed by atoms with Crippen LogP contribution in [0.5, 0.6) is 11.5 Å². The van der Waals surface area contributed by atoms with E-state index in [4.69, 9.17) is 14.2 Å². The molecule has 0 unspecified atom stereocenters. The molecule has 0 atom stereocenters. The molecule has 2 aromatic carbocycles. The van der Waals surface area contributed by atoms with Gasteiger partial charge in [0.15, 0.2) is 5.70 Å². The monoisotopic (exact) mass is 439 g/mol. The van der Waals surface area contributed by atoms with Gasteiger partial charge in [0.2, 0.25) is 5.90 Å². The van der Waals surface area contributed by atoms with Crippen molar-refractivity contribution in [1.82, 2.24) is 0 Å². The summed E-state index contributed by atoms with van der Waals surface area (Å²) in [7, 11) is 0. The topological polar surface area (TPSA) is 57.1 Å². The third-order valence-corrected chi connectivity index (χ3v) is 4.19. The Balaban J connectivity index is 1.93. The largest absolute Gasteiger partial charge is 0.489 e. The number of aliphatic imine (C=N–C) groups is 1. The maximum absolute atomic E-state index is 12.3. The van der Waals surface area contributed by atoms with E-state index in [1.807, 2.05) is 24.3 Å². The highest BCUT2D eigenvalue weighted by Crippen LogP contribution is 2.29. The number of carbonyl (C=O) groups excluding carboxylic acids is 1. The maximum atomic E-state index is 12.3. The van der Waals surface area contributed by atoms with Gasteiger partial charge < -0.3 is 14.2 Å². The molecule has 5 nitrogen and oxygen atoms in total. The summed E-state index contributed by atoms with van der Waals surface area (Å²) in [4.78, 5) is 16.6. The predicted molar refractivity (Wildman–Crippen MR) is 113 cm³/mol. The minimum absolute atomic E-state index is 0.193. The lowest BCUT2D eigenvalue weighted by Gasteiger charge is -2.10. The van der Waals surface area contributed by atoms with Gasteiger partial charge in [0.05, 0.1) is 0 Å². The summed E-state index contributed by atoms with van der Waals surface area (Å²) in [6, 6.07) is 12.7. The fourth-order valence-corrected chi connectivity index (χ4v) is 2.85. The third kappa shape index (κ3) is 4.78. The SMILES string of the molecule is C=CCOc1ccc(/C=C2/N=C(c3cccc(Br)c3)OC2=O)c(OCC=C)c1. The van der Waals surface area contributed by atoms with E-state index in [1.54, 1.807) is 36.4 Å². The molecule has 0 amide bonds. The first-order valence-corrected chi connectivity index (χ1v) is 9.30. The Morgan fingerprint density at radius 3 is 2.61 bits per heavy atom. The number of esters is 1. The molecule has 0 saturated carbocycles. The molecule has 28 heavy (non-hydrogen) atoms. The molecule has 0 radical (unpaired) electrons. The zero-order chi connectivity index (χ0) is 19.9. The van der Waals surface area contributed by atoms with E-state index in [0.29, 0.717) is 35.8 Å². The molecule has 1 aliphatic rings. The average Bonchev–Trinajstić information content (AvgIpc) is 3.06. The van der Waals surface area contributed by atoms with Crippen LogP contribution < -0.4 is 9.47 Å². The first-order chi connectivity index (χ1) is 13.6. The van der Waals surface area contributed by atoms with Gasteiger partial charge in [0.25, 0.3) is 0 Å². The molecule has 1 heterocycles. The molecule has 0 spiro atoms. The number of benzene rings is 2. The summed E-state index contributed by atoms with van der Waals surface area (Å²) < 4.78 is 17.4. The Bertz CT molecular complexity index is 978. The van der Waals surface area contributed by atoms with Crippen LogP contribution in [0.15, 0.2) is 82.9 Å². The van der Waals surface area contributed by atoms with Gasteiger partial charge in [-0.1, -0.05) is 47.3 Å². The number of hydrogen-bond donors (Lipinski definition) is 0. The van der Waals surface area contributed by atoms with E-state index in [-0.39, 0.29) is 11.6 Å². The lowest BCUT2D eigenvalue weighted by atomic mass is 10.1. The predicted octanol–water partition coefficient (Wildman–Crippen LogP) is 4.92. The number of halogens is 1. The van der Waals surface area contributed by atoms with Gasteiger partial charge in [0.1, 0.15) is 24.7 Å². The van der Waals surface area contributed by atoms with Crippen LogP contribution in [0.2, 0.25) is 0 Å². The van der Waals surface area contributed by atoms with E-state index < -0.39 is 5.97 Å². The second-order valence-corrected chi connectivity index (χ2v) is 6.66. The molecular formula is C22H18BrNO4. The summed E-state index contributed by atoms with van der Waals surface area (Å²) in [5, 5.41) is 0. The zero-order valence-electron chi connectivity index (χ0n) is 15.1. The number of carbonyl (C=O) groups is 1. The summed E-state index contributed by atoms with van der Waals surface area (Å²) in [5.74, 6) is 0.926. The van der Waals surface area contributed by atoms with Gasteiger partial charge in [-0.15, -0.1) is 0 Å². The number of rotatable bonds is 8. The average molecular weight is 440 g/mol. The summed E-state index contributed by atoms with van der Waals surface area (Å²) in [6.45, 7) is 7.99. The van der Waals surface area contributed by atoms with Gasteiger partial charge in [-0.2, -0.15) is 0 Å².